The number of aryl methyl sites for hydroxylation is 9. The molecule has 6 aromatic carbocycles. The summed E-state index contributed by atoms with van der Waals surface area (Å²) in [5.41, 5.74) is 18.2. The van der Waals surface area contributed by atoms with E-state index in [0.29, 0.717) is 129 Å². The van der Waals surface area contributed by atoms with E-state index in [2.05, 4.69) is 157 Å². The molecule has 0 aliphatic heterocycles. The topological polar surface area (TPSA) is 155 Å². The molecule has 12 heterocycles. The molecule has 0 amide bonds. The van der Waals surface area contributed by atoms with Gasteiger partial charge < -0.3 is 43.2 Å². The van der Waals surface area contributed by atoms with Gasteiger partial charge in [0, 0.05) is 166 Å². The zero-order chi connectivity index (χ0) is 122. The molecule has 4 aliphatic carbocycles. The Morgan fingerprint density at radius 2 is 0.738 bits per heavy atom. The van der Waals surface area contributed by atoms with Crippen LogP contribution in [0, 0.1) is 142 Å². The van der Waals surface area contributed by atoms with Crippen LogP contribution in [0.25, 0.3) is 134 Å². The summed E-state index contributed by atoms with van der Waals surface area (Å²) in [6.07, 6.45) is 25.8. The van der Waals surface area contributed by atoms with Crippen LogP contribution in [0.2, 0.25) is 0 Å². The van der Waals surface area contributed by atoms with E-state index in [1.807, 2.05) is 111 Å². The summed E-state index contributed by atoms with van der Waals surface area (Å²) in [5.74, 6) is -0.624. The minimum absolute atomic E-state index is 0. The molecular formula is C130H141Ir3N9O3-6. The SMILES string of the molecule is [2H]C([2H])([2H])c1c[c-]c(-c2ccc(C([2H])([2H])[2H])cn2)cc1.[2H]C([2H])([2H])c1c[c-]c(-c2ccc(C([2H])([2H])[2H])cn2)cc1.[2H]C([2H])([2H])c1c[c-]c(-c2ccc(C([2H])([2H])[2H])cn2)cc1.[2H]C([2H])([2H])c1ccc2c(n1)oc1c(-c3cc(C4([2H])CCC5(CCC(CC(C)(C)C)(CC(C)(C)C)CC5)CC4)ccn3)[c-]ccc12.[2H]C([2H])(c1ccnc(-c2[c-]ccc3c2oc2nc(C)ccc23)c1)C1(C)CCC(C)(C)CC1.[2H]C([2H])(c1ccnc(-c2[c-]ccc3c2oc2nc(C)ccc23)c1)C1CCC(C)(C)CC1.[Ir].[Ir].[Ir]. The van der Waals surface area contributed by atoms with Gasteiger partial charge in [0.15, 0.2) is 0 Å². The van der Waals surface area contributed by atoms with Crippen molar-refractivity contribution in [2.75, 3.05) is 0 Å². The average Bonchev–Trinajstić information content (AvgIpc) is 1.55. The second-order valence-corrected chi connectivity index (χ2v) is 43.3. The monoisotopic (exact) mass is 2480 g/mol. The molecule has 4 saturated carbocycles. The predicted molar refractivity (Wildman–Crippen MR) is 585 cm³/mol. The molecule has 757 valence electrons. The zero-order valence-corrected chi connectivity index (χ0v) is 91.8. The van der Waals surface area contributed by atoms with E-state index in [0.717, 1.165) is 137 Å². The molecule has 0 unspecified atom stereocenters. The van der Waals surface area contributed by atoms with Crippen molar-refractivity contribution >= 4 is 66.2 Å². The Labute approximate surface area is 938 Å². The Bertz CT molecular complexity index is 8070. The molecule has 18 aromatic rings. The van der Waals surface area contributed by atoms with Crippen LogP contribution in [-0.2, 0) is 73.1 Å². The van der Waals surface area contributed by atoms with Crippen LogP contribution < -0.4 is 0 Å². The minimum Gasteiger partial charge on any atom is -0.486 e. The molecule has 22 rings (SSSR count). The van der Waals surface area contributed by atoms with Crippen molar-refractivity contribution in [1.29, 1.82) is 0 Å². The van der Waals surface area contributed by atoms with Crippen molar-refractivity contribution in [2.45, 2.75) is 272 Å². The number of pyridine rings is 9. The van der Waals surface area contributed by atoms with Gasteiger partial charge in [-0.1, -0.05) is 201 Å². The van der Waals surface area contributed by atoms with Gasteiger partial charge >= 0.3 is 0 Å². The van der Waals surface area contributed by atoms with Crippen LogP contribution in [0.3, 0.4) is 0 Å². The molecule has 0 saturated heterocycles. The molecule has 3 radical (unpaired) electrons. The summed E-state index contributed by atoms with van der Waals surface area (Å²) in [6.45, 7) is 14.2. The van der Waals surface area contributed by atoms with Gasteiger partial charge in [-0.3, -0.25) is 0 Å². The fraction of sp³-hybridized carbons (Fsp3) is 0.377. The maximum Gasteiger partial charge on any atom is 0.216 e. The molecule has 12 aromatic heterocycles. The fourth-order valence-electron chi connectivity index (χ4n) is 20.7. The summed E-state index contributed by atoms with van der Waals surface area (Å²) in [5, 5.41) is 5.48. The third kappa shape index (κ3) is 28.1. The van der Waals surface area contributed by atoms with Crippen LogP contribution in [0.1, 0.15) is 300 Å². The van der Waals surface area contributed by atoms with Crippen LogP contribution in [0.15, 0.2) is 251 Å². The summed E-state index contributed by atoms with van der Waals surface area (Å²) >= 11 is 0. The smallest absolute Gasteiger partial charge is 0.216 e. The first-order chi connectivity index (χ1) is 78.3. The molecule has 1 spiro atoms. The fourth-order valence-corrected chi connectivity index (χ4v) is 20.7. The van der Waals surface area contributed by atoms with E-state index < -0.39 is 72.0 Å². The van der Waals surface area contributed by atoms with E-state index >= 15 is 0 Å². The van der Waals surface area contributed by atoms with Crippen molar-refractivity contribution in [3.8, 4) is 67.5 Å². The standard InChI is InChI=1S/C38H49N2O.C27H29N2O.C26H27N2O.3C13H12N.3Ir/c1-26-11-12-30-29-9-8-10-31(33(29)41-34(30)40-26)32-23-28(15-22-39-32)27-13-16-37(17-14-27)18-20-38(21-19-37,24-35(2,3)4)25-36(5,6)7;1-18-8-9-21-20-6-5-7-22(24(20)30-25(21)29-18)23-16-19(10-15-28-23)17-27(4)13-11-26(2,3)12-14-27;1-17-7-8-21-20-5-4-6-22(24(20)29-25(21)28-17)23-16-19(11-14-27-23)15-18-9-12-26(2,3)13-10-18;3*1-10-3-6-12(7-4-10)13-8-5-11(2)9-14-13;;;/h8-9,11-12,15,22-23,27H,13-14,16-21,24-25H2,1-7H3;5-6,8-10,15-16H,11-14,17H2,1-4H3;4-5,7-8,11,14,16,18H,9-10,12-13,15H2,1-3H3;3*3-6,8-9H,1-2H3;;;/q6*-1;;;/i1D3,27D;17D2;15D2;3*1D3,2D3;;;. The van der Waals surface area contributed by atoms with Gasteiger partial charge in [0.25, 0.3) is 0 Å². The number of rotatable bonds is 13. The van der Waals surface area contributed by atoms with Crippen molar-refractivity contribution in [1.82, 2.24) is 44.9 Å². The first-order valence-electron chi connectivity index (χ1n) is 62.3. The van der Waals surface area contributed by atoms with Crippen LogP contribution in [-0.4, -0.2) is 44.9 Å². The van der Waals surface area contributed by atoms with Gasteiger partial charge in [-0.25, -0.2) is 15.0 Å². The summed E-state index contributed by atoms with van der Waals surface area (Å²) in [7, 11) is 0. The second kappa shape index (κ2) is 47.0. The average molecular weight is 2480 g/mol. The predicted octanol–water partition coefficient (Wildman–Crippen LogP) is 34.9. The van der Waals surface area contributed by atoms with Gasteiger partial charge in [-0.15, -0.1) is 161 Å². The second-order valence-electron chi connectivity index (χ2n) is 43.3. The van der Waals surface area contributed by atoms with E-state index in [4.69, 9.17) is 47.5 Å². The van der Waals surface area contributed by atoms with Crippen LogP contribution in [0.5, 0.6) is 0 Å². The first-order valence-corrected chi connectivity index (χ1v) is 49.3. The Morgan fingerprint density at radius 1 is 0.359 bits per heavy atom. The number of furan rings is 3. The number of benzene rings is 6. The normalized spacial score (nSPS) is 19.4. The van der Waals surface area contributed by atoms with E-state index in [-0.39, 0.29) is 111 Å². The third-order valence-electron chi connectivity index (χ3n) is 28.1. The maximum absolute atomic E-state index is 9.64. The number of aromatic nitrogens is 9. The molecule has 15 heteroatoms. The Balaban J connectivity index is 0.000000162. The summed E-state index contributed by atoms with van der Waals surface area (Å²) in [6, 6.07) is 75.4. The molecule has 4 fully saturated rings. The number of nitrogens with zero attached hydrogens (tertiary/aromatic N) is 9. The van der Waals surface area contributed by atoms with Gasteiger partial charge in [0.1, 0.15) is 0 Å². The summed E-state index contributed by atoms with van der Waals surface area (Å²) < 4.78 is 218. The molecule has 0 bridgehead atoms. The quantitative estimate of drug-likeness (QED) is 0.101. The van der Waals surface area contributed by atoms with Crippen LogP contribution >= 0.6 is 0 Å². The zero-order valence-electron chi connectivity index (χ0n) is 111. The van der Waals surface area contributed by atoms with Gasteiger partial charge in [-0.2, -0.15) is 0 Å². The molecule has 4 aliphatic rings. The van der Waals surface area contributed by atoms with Crippen LogP contribution in [0.4, 0.5) is 0 Å². The van der Waals surface area contributed by atoms with E-state index in [1.165, 1.54) is 112 Å². The summed E-state index contributed by atoms with van der Waals surface area (Å²) in [4.78, 5) is 39.4. The molecule has 12 nitrogen and oxygen atoms in total. The Kier molecular flexibility index (Phi) is 25.7. The van der Waals surface area contributed by atoms with Crippen molar-refractivity contribution in [3.05, 3.63) is 341 Å². The molecule has 145 heavy (non-hydrogen) atoms. The van der Waals surface area contributed by atoms with Crippen molar-refractivity contribution in [2.24, 2.45) is 43.8 Å². The van der Waals surface area contributed by atoms with E-state index in [9.17, 15) is 1.37 Å². The third-order valence-corrected chi connectivity index (χ3v) is 28.1. The van der Waals surface area contributed by atoms with Crippen molar-refractivity contribution < 1.29 is 109 Å². The van der Waals surface area contributed by atoms with Crippen molar-refractivity contribution in [3.63, 3.8) is 0 Å². The molecule has 0 N–H and O–H groups in total. The first kappa shape index (κ1) is 79.2. The Hall–Kier alpha value is -11.0. The van der Waals surface area contributed by atoms with Gasteiger partial charge in [0.2, 0.25) is 17.1 Å². The number of fused-ring (bicyclic) bond motifs is 9. The molecule has 0 atom stereocenters. The van der Waals surface area contributed by atoms with Gasteiger partial charge in [-0.05, 0) is 325 Å². The molecular weight excluding hydrogens is 2310 g/mol. The maximum atomic E-state index is 9.64. The Morgan fingerprint density at radius 3 is 1.12 bits per heavy atom. The number of hydrogen-bond donors (Lipinski definition) is 0. The van der Waals surface area contributed by atoms with Gasteiger partial charge in [0.05, 0.1) is 16.7 Å². The number of hydrogen-bond acceptors (Lipinski definition) is 12. The minimum atomic E-state index is -2.31. The largest absolute Gasteiger partial charge is 0.486 e. The van der Waals surface area contributed by atoms with E-state index in [1.54, 1.807) is 67.1 Å².